The van der Waals surface area contributed by atoms with Gasteiger partial charge in [-0.3, -0.25) is 4.79 Å². The molecule has 0 aliphatic heterocycles. The summed E-state index contributed by atoms with van der Waals surface area (Å²) in [6.07, 6.45) is -1.33. The number of methoxy groups -OCH3 is 2. The third-order valence-corrected chi connectivity index (χ3v) is 6.12. The molecule has 0 atom stereocenters. The van der Waals surface area contributed by atoms with Gasteiger partial charge in [-0.15, -0.1) is 0 Å². The van der Waals surface area contributed by atoms with Crippen LogP contribution in [-0.2, 0) is 16.2 Å². The van der Waals surface area contributed by atoms with Crippen LogP contribution in [0, 0.1) is 13.8 Å². The monoisotopic (exact) mass is 591 g/mol. The number of ether oxygens (including phenoxy) is 2. The summed E-state index contributed by atoms with van der Waals surface area (Å²) in [5.74, 6) is -0.694. The van der Waals surface area contributed by atoms with E-state index in [1.807, 2.05) is 11.6 Å². The average Bonchev–Trinajstić information content (AvgIpc) is 3.29. The molecule has 0 saturated heterocycles. The number of alkyl halides is 3. The van der Waals surface area contributed by atoms with E-state index in [4.69, 9.17) is 9.47 Å². The SMILES string of the molecule is COc1cc(C)cc(Nc2ncc(-c3cnc(OC)c(C(=O)NS(C)(=O)=O)c3)c(-n3nc(C(F)(F)F)cc3C)n2)c1. The number of amides is 1. The van der Waals surface area contributed by atoms with Crippen LogP contribution in [-0.4, -0.2) is 59.5 Å². The third kappa shape index (κ3) is 6.71. The third-order valence-electron chi connectivity index (χ3n) is 5.57. The minimum Gasteiger partial charge on any atom is -0.497 e. The maximum Gasteiger partial charge on any atom is 0.435 e. The Bertz CT molecular complexity index is 1740. The predicted octanol–water partition coefficient (Wildman–Crippen LogP) is 3.81. The van der Waals surface area contributed by atoms with Crippen LogP contribution in [0.2, 0.25) is 0 Å². The standard InChI is InChI=1S/C25H24F3N7O5S/c1-13-6-16(10-17(7-13)39-3)31-24-30-12-19(21(32-24)35-14(2)8-20(33-35)25(26,27)28)15-9-18(23(40-4)29-11-15)22(36)34-41(5,37)38/h6-12H,1-5H3,(H,34,36)(H,30,31,32). The number of nitrogens with zero attached hydrogens (tertiary/aromatic N) is 5. The first kappa shape index (κ1) is 29.3. The quantitative estimate of drug-likeness (QED) is 0.310. The number of sulfonamides is 1. The summed E-state index contributed by atoms with van der Waals surface area (Å²) < 4.78 is 77.0. The fraction of sp³-hybridized carbons (Fsp3) is 0.240. The number of hydrogen-bond acceptors (Lipinski definition) is 10. The number of aryl methyl sites for hydroxylation is 2. The van der Waals surface area contributed by atoms with E-state index < -0.39 is 27.8 Å². The van der Waals surface area contributed by atoms with Gasteiger partial charge in [0.15, 0.2) is 11.5 Å². The van der Waals surface area contributed by atoms with Crippen LogP contribution in [0.15, 0.2) is 42.7 Å². The van der Waals surface area contributed by atoms with Crippen molar-refractivity contribution in [2.45, 2.75) is 20.0 Å². The minimum absolute atomic E-state index is 0.0244. The molecule has 0 saturated carbocycles. The fourth-order valence-corrected chi connectivity index (χ4v) is 4.29. The Morgan fingerprint density at radius 2 is 1.73 bits per heavy atom. The lowest BCUT2D eigenvalue weighted by molar-refractivity contribution is -0.141. The summed E-state index contributed by atoms with van der Waals surface area (Å²) in [4.78, 5) is 25.5. The maximum atomic E-state index is 13.5. The fourth-order valence-electron chi connectivity index (χ4n) is 3.84. The first-order valence-electron chi connectivity index (χ1n) is 11.7. The van der Waals surface area contributed by atoms with Crippen molar-refractivity contribution in [1.29, 1.82) is 0 Å². The van der Waals surface area contributed by atoms with Crippen molar-refractivity contribution >= 4 is 27.6 Å². The van der Waals surface area contributed by atoms with Gasteiger partial charge in [-0.1, -0.05) is 0 Å². The Kier molecular flexibility index (Phi) is 7.87. The Morgan fingerprint density at radius 1 is 1.00 bits per heavy atom. The molecule has 1 aromatic carbocycles. The molecule has 0 unspecified atom stereocenters. The van der Waals surface area contributed by atoms with E-state index in [1.165, 1.54) is 39.6 Å². The van der Waals surface area contributed by atoms with Gasteiger partial charge in [0, 0.05) is 41.0 Å². The van der Waals surface area contributed by atoms with Crippen molar-refractivity contribution in [3.63, 3.8) is 0 Å². The summed E-state index contributed by atoms with van der Waals surface area (Å²) in [5.41, 5.74) is 0.455. The molecule has 12 nitrogen and oxygen atoms in total. The van der Waals surface area contributed by atoms with Crippen LogP contribution in [0.4, 0.5) is 24.8 Å². The Morgan fingerprint density at radius 3 is 2.34 bits per heavy atom. The number of rotatable bonds is 8. The number of carbonyl (C=O) groups is 1. The zero-order chi connectivity index (χ0) is 30.1. The van der Waals surface area contributed by atoms with Gasteiger partial charge in [-0.25, -0.2) is 27.8 Å². The molecule has 3 heterocycles. The van der Waals surface area contributed by atoms with Gasteiger partial charge in [0.2, 0.25) is 21.9 Å². The van der Waals surface area contributed by atoms with Gasteiger partial charge in [0.05, 0.1) is 20.5 Å². The second kappa shape index (κ2) is 11.0. The number of hydrogen-bond donors (Lipinski definition) is 2. The lowest BCUT2D eigenvalue weighted by Gasteiger charge is -2.15. The normalized spacial score (nSPS) is 11.7. The number of aromatic nitrogens is 5. The Hall–Kier alpha value is -4.73. The molecular weight excluding hydrogens is 567 g/mol. The molecule has 41 heavy (non-hydrogen) atoms. The van der Waals surface area contributed by atoms with Crippen LogP contribution in [0.3, 0.4) is 0 Å². The topological polar surface area (TPSA) is 150 Å². The minimum atomic E-state index is -4.72. The van der Waals surface area contributed by atoms with E-state index in [0.717, 1.165) is 22.6 Å². The lowest BCUT2D eigenvalue weighted by Crippen LogP contribution is -2.29. The molecule has 0 bridgehead atoms. The van der Waals surface area contributed by atoms with Crippen molar-refractivity contribution in [1.82, 2.24) is 29.5 Å². The van der Waals surface area contributed by atoms with Crippen molar-refractivity contribution in [3.05, 3.63) is 65.2 Å². The molecule has 0 radical (unpaired) electrons. The van der Waals surface area contributed by atoms with Crippen molar-refractivity contribution in [3.8, 4) is 28.6 Å². The maximum absolute atomic E-state index is 13.5. The molecule has 0 aliphatic rings. The van der Waals surface area contributed by atoms with E-state index in [0.29, 0.717) is 11.4 Å². The molecule has 3 aromatic heterocycles. The highest BCUT2D eigenvalue weighted by molar-refractivity contribution is 7.89. The molecule has 216 valence electrons. The highest BCUT2D eigenvalue weighted by Crippen LogP contribution is 2.33. The number of halogens is 3. The second-order valence-corrected chi connectivity index (χ2v) is 10.6. The molecule has 0 fully saturated rings. The Balaban J connectivity index is 1.89. The summed E-state index contributed by atoms with van der Waals surface area (Å²) in [6.45, 7) is 3.27. The summed E-state index contributed by atoms with van der Waals surface area (Å²) in [5, 5.41) is 6.72. The molecule has 1 amide bonds. The van der Waals surface area contributed by atoms with Gasteiger partial charge < -0.3 is 14.8 Å². The van der Waals surface area contributed by atoms with Crippen LogP contribution >= 0.6 is 0 Å². The molecule has 4 rings (SSSR count). The number of benzene rings is 1. The highest BCUT2D eigenvalue weighted by atomic mass is 32.2. The van der Waals surface area contributed by atoms with E-state index in [-0.39, 0.29) is 40.0 Å². The first-order chi connectivity index (χ1) is 19.2. The molecule has 2 N–H and O–H groups in total. The predicted molar refractivity (Wildman–Crippen MR) is 142 cm³/mol. The molecule has 4 aromatic rings. The number of carbonyl (C=O) groups excluding carboxylic acids is 1. The van der Waals surface area contributed by atoms with Crippen LogP contribution in [0.25, 0.3) is 16.9 Å². The van der Waals surface area contributed by atoms with Gasteiger partial charge in [0.1, 0.15) is 11.3 Å². The highest BCUT2D eigenvalue weighted by Gasteiger charge is 2.35. The summed E-state index contributed by atoms with van der Waals surface area (Å²) in [7, 11) is -1.19. The van der Waals surface area contributed by atoms with E-state index >= 15 is 0 Å². The van der Waals surface area contributed by atoms with Gasteiger partial charge in [-0.2, -0.15) is 23.3 Å². The van der Waals surface area contributed by atoms with Crippen molar-refractivity contribution in [2.24, 2.45) is 0 Å². The number of nitrogens with one attached hydrogen (secondary N) is 2. The molecule has 0 spiro atoms. The largest absolute Gasteiger partial charge is 0.497 e. The molecular formula is C25H24F3N7O5S. The van der Waals surface area contributed by atoms with E-state index in [9.17, 15) is 26.4 Å². The van der Waals surface area contributed by atoms with Crippen molar-refractivity contribution in [2.75, 3.05) is 25.8 Å². The Labute approximate surface area is 232 Å². The first-order valence-corrected chi connectivity index (χ1v) is 13.6. The summed E-state index contributed by atoms with van der Waals surface area (Å²) in [6, 6.07) is 7.41. The van der Waals surface area contributed by atoms with Gasteiger partial charge >= 0.3 is 6.18 Å². The van der Waals surface area contributed by atoms with Gasteiger partial charge in [-0.05, 0) is 43.7 Å². The van der Waals surface area contributed by atoms with Crippen LogP contribution in [0.1, 0.15) is 27.3 Å². The van der Waals surface area contributed by atoms with E-state index in [1.54, 1.807) is 18.2 Å². The zero-order valence-corrected chi connectivity index (χ0v) is 23.2. The summed E-state index contributed by atoms with van der Waals surface area (Å²) >= 11 is 0. The average molecular weight is 592 g/mol. The van der Waals surface area contributed by atoms with Crippen molar-refractivity contribution < 1.29 is 35.9 Å². The molecule has 0 aliphatic carbocycles. The smallest absolute Gasteiger partial charge is 0.435 e. The molecule has 16 heteroatoms. The van der Waals surface area contributed by atoms with Crippen LogP contribution in [0.5, 0.6) is 11.6 Å². The zero-order valence-electron chi connectivity index (χ0n) is 22.4. The number of pyridine rings is 1. The van der Waals surface area contributed by atoms with Gasteiger partial charge in [0.25, 0.3) is 5.91 Å². The lowest BCUT2D eigenvalue weighted by atomic mass is 10.1. The number of anilines is 2. The second-order valence-electron chi connectivity index (χ2n) is 8.86. The van der Waals surface area contributed by atoms with E-state index in [2.05, 4.69) is 25.4 Å². The van der Waals surface area contributed by atoms with Crippen LogP contribution < -0.4 is 19.5 Å².